The Morgan fingerprint density at radius 1 is 1.20 bits per heavy atom. The molecule has 2 N–H and O–H groups in total. The predicted octanol–water partition coefficient (Wildman–Crippen LogP) is 3.00. The zero-order chi connectivity index (χ0) is 14.4. The van der Waals surface area contributed by atoms with Crippen molar-refractivity contribution < 1.29 is 0 Å². The first-order chi connectivity index (χ1) is 9.44. The molecular formula is C16H22N4. The number of aromatic amines is 1. The third kappa shape index (κ3) is 1.95. The number of H-pyrrole nitrogens is 1. The highest BCUT2D eigenvalue weighted by Crippen LogP contribution is 2.62. The Morgan fingerprint density at radius 2 is 1.95 bits per heavy atom. The molecule has 1 fully saturated rings. The van der Waals surface area contributed by atoms with E-state index < -0.39 is 0 Å². The summed E-state index contributed by atoms with van der Waals surface area (Å²) in [5, 5.41) is 10.9. The average Bonchev–Trinajstić information content (AvgIpc) is 2.76. The standard InChI is InChI=1S/C16H22N4/c1-15(2)14(16(15,3)4)18-9-12-10-19-20-13(12)11-6-5-7-17-8-11/h5-8,10,14,18H,9H2,1-4H3,(H,19,20). The van der Waals surface area contributed by atoms with Crippen LogP contribution in [0.2, 0.25) is 0 Å². The van der Waals surface area contributed by atoms with Gasteiger partial charge in [0.05, 0.1) is 11.9 Å². The van der Waals surface area contributed by atoms with Crippen molar-refractivity contribution in [3.63, 3.8) is 0 Å². The van der Waals surface area contributed by atoms with E-state index in [1.165, 1.54) is 5.56 Å². The van der Waals surface area contributed by atoms with Crippen LogP contribution in [0.25, 0.3) is 11.3 Å². The van der Waals surface area contributed by atoms with Gasteiger partial charge in [-0.05, 0) is 23.0 Å². The van der Waals surface area contributed by atoms with Crippen LogP contribution in [-0.4, -0.2) is 21.2 Å². The van der Waals surface area contributed by atoms with E-state index in [9.17, 15) is 0 Å². The molecule has 3 rings (SSSR count). The van der Waals surface area contributed by atoms with Crippen molar-refractivity contribution in [2.75, 3.05) is 0 Å². The van der Waals surface area contributed by atoms with Gasteiger partial charge in [0.25, 0.3) is 0 Å². The molecule has 20 heavy (non-hydrogen) atoms. The fourth-order valence-electron chi connectivity index (χ4n) is 3.12. The molecule has 0 aliphatic heterocycles. The predicted molar refractivity (Wildman–Crippen MR) is 80.0 cm³/mol. The van der Waals surface area contributed by atoms with Crippen LogP contribution in [0.1, 0.15) is 33.3 Å². The van der Waals surface area contributed by atoms with E-state index in [4.69, 9.17) is 0 Å². The van der Waals surface area contributed by atoms with Gasteiger partial charge in [-0.15, -0.1) is 0 Å². The van der Waals surface area contributed by atoms with Gasteiger partial charge in [-0.3, -0.25) is 10.1 Å². The van der Waals surface area contributed by atoms with Crippen LogP contribution in [0.15, 0.2) is 30.7 Å². The Bertz CT molecular complexity index is 584. The molecule has 0 bridgehead atoms. The summed E-state index contributed by atoms with van der Waals surface area (Å²) in [6.45, 7) is 10.1. The summed E-state index contributed by atoms with van der Waals surface area (Å²) in [5.74, 6) is 0. The first-order valence-corrected chi connectivity index (χ1v) is 7.10. The van der Waals surface area contributed by atoms with Gasteiger partial charge in [-0.25, -0.2) is 0 Å². The lowest BCUT2D eigenvalue weighted by molar-refractivity contribution is 0.457. The number of hydrogen-bond donors (Lipinski definition) is 2. The van der Waals surface area contributed by atoms with Gasteiger partial charge in [0, 0.05) is 36.1 Å². The molecule has 2 aromatic heterocycles. The molecule has 1 aliphatic rings. The molecule has 106 valence electrons. The van der Waals surface area contributed by atoms with Gasteiger partial charge in [0.1, 0.15) is 0 Å². The smallest absolute Gasteiger partial charge is 0.0710 e. The molecule has 2 heterocycles. The highest BCUT2D eigenvalue weighted by molar-refractivity contribution is 5.61. The van der Waals surface area contributed by atoms with Crippen LogP contribution in [0.5, 0.6) is 0 Å². The van der Waals surface area contributed by atoms with Crippen molar-refractivity contribution in [1.29, 1.82) is 0 Å². The van der Waals surface area contributed by atoms with Crippen LogP contribution >= 0.6 is 0 Å². The summed E-state index contributed by atoms with van der Waals surface area (Å²) in [7, 11) is 0. The summed E-state index contributed by atoms with van der Waals surface area (Å²) in [4.78, 5) is 4.17. The lowest BCUT2D eigenvalue weighted by atomic mass is 10.0. The molecule has 4 nitrogen and oxygen atoms in total. The molecule has 0 radical (unpaired) electrons. The maximum absolute atomic E-state index is 4.18. The van der Waals surface area contributed by atoms with Gasteiger partial charge in [0.15, 0.2) is 0 Å². The molecule has 0 amide bonds. The second-order valence-electron chi connectivity index (χ2n) is 6.77. The maximum Gasteiger partial charge on any atom is 0.0710 e. The molecule has 1 aliphatic carbocycles. The molecule has 2 aromatic rings. The zero-order valence-corrected chi connectivity index (χ0v) is 12.6. The van der Waals surface area contributed by atoms with Gasteiger partial charge in [-0.1, -0.05) is 27.7 Å². The fourth-order valence-corrected chi connectivity index (χ4v) is 3.12. The average molecular weight is 270 g/mol. The molecule has 0 spiro atoms. The molecule has 1 saturated carbocycles. The highest BCUT2D eigenvalue weighted by atomic mass is 15.1. The van der Waals surface area contributed by atoms with Crippen LogP contribution in [-0.2, 0) is 6.54 Å². The summed E-state index contributed by atoms with van der Waals surface area (Å²) < 4.78 is 0. The van der Waals surface area contributed by atoms with Crippen LogP contribution in [0.3, 0.4) is 0 Å². The van der Waals surface area contributed by atoms with E-state index in [1.54, 1.807) is 6.20 Å². The first kappa shape index (κ1) is 13.3. The third-order valence-electron chi connectivity index (χ3n) is 5.19. The lowest BCUT2D eigenvalue weighted by Gasteiger charge is -2.07. The lowest BCUT2D eigenvalue weighted by Crippen LogP contribution is -2.21. The third-order valence-corrected chi connectivity index (χ3v) is 5.19. The summed E-state index contributed by atoms with van der Waals surface area (Å²) in [5.41, 5.74) is 4.03. The van der Waals surface area contributed by atoms with E-state index in [0.717, 1.165) is 17.8 Å². The van der Waals surface area contributed by atoms with Crippen molar-refractivity contribution >= 4 is 0 Å². The quantitative estimate of drug-likeness (QED) is 0.898. The molecule has 0 aromatic carbocycles. The van der Waals surface area contributed by atoms with E-state index >= 15 is 0 Å². The molecule has 0 atom stereocenters. The minimum absolute atomic E-state index is 0.352. The normalized spacial score (nSPS) is 20.0. The topological polar surface area (TPSA) is 53.6 Å². The van der Waals surface area contributed by atoms with E-state index in [-0.39, 0.29) is 0 Å². The van der Waals surface area contributed by atoms with Crippen molar-refractivity contribution in [2.45, 2.75) is 40.3 Å². The zero-order valence-electron chi connectivity index (χ0n) is 12.6. The Hall–Kier alpha value is -1.68. The highest BCUT2D eigenvalue weighted by Gasteiger charge is 2.64. The minimum Gasteiger partial charge on any atom is -0.309 e. The molecule has 0 unspecified atom stereocenters. The summed E-state index contributed by atoms with van der Waals surface area (Å²) >= 11 is 0. The number of hydrogen-bond acceptors (Lipinski definition) is 3. The number of pyridine rings is 1. The number of nitrogens with zero attached hydrogens (tertiary/aromatic N) is 2. The van der Waals surface area contributed by atoms with Gasteiger partial charge in [-0.2, -0.15) is 5.10 Å². The molecule has 4 heteroatoms. The van der Waals surface area contributed by atoms with Crippen molar-refractivity contribution in [3.8, 4) is 11.3 Å². The van der Waals surface area contributed by atoms with Gasteiger partial charge in [0.2, 0.25) is 0 Å². The number of aromatic nitrogens is 3. The first-order valence-electron chi connectivity index (χ1n) is 7.10. The van der Waals surface area contributed by atoms with Gasteiger partial charge < -0.3 is 5.32 Å². The second-order valence-corrected chi connectivity index (χ2v) is 6.77. The van der Waals surface area contributed by atoms with Crippen LogP contribution in [0, 0.1) is 10.8 Å². The minimum atomic E-state index is 0.352. The van der Waals surface area contributed by atoms with Crippen LogP contribution < -0.4 is 5.32 Å². The SMILES string of the molecule is CC1(C)C(NCc2cn[nH]c2-c2cccnc2)C1(C)C. The Balaban J connectivity index is 1.73. The van der Waals surface area contributed by atoms with E-state index in [1.807, 2.05) is 18.5 Å². The van der Waals surface area contributed by atoms with Crippen LogP contribution in [0.4, 0.5) is 0 Å². The van der Waals surface area contributed by atoms with Crippen molar-refractivity contribution in [3.05, 3.63) is 36.3 Å². The van der Waals surface area contributed by atoms with E-state index in [0.29, 0.717) is 16.9 Å². The van der Waals surface area contributed by atoms with Crippen molar-refractivity contribution in [2.24, 2.45) is 10.8 Å². The largest absolute Gasteiger partial charge is 0.309 e. The maximum atomic E-state index is 4.18. The summed E-state index contributed by atoms with van der Waals surface area (Å²) in [6, 6.07) is 4.54. The Labute approximate surface area is 120 Å². The number of nitrogens with one attached hydrogen (secondary N) is 2. The Morgan fingerprint density at radius 3 is 2.55 bits per heavy atom. The fraction of sp³-hybridized carbons (Fsp3) is 0.500. The number of rotatable bonds is 4. The summed E-state index contributed by atoms with van der Waals surface area (Å²) in [6.07, 6.45) is 5.55. The molecule has 0 saturated heterocycles. The second kappa shape index (κ2) is 4.42. The van der Waals surface area contributed by atoms with E-state index in [2.05, 4.69) is 54.3 Å². The monoisotopic (exact) mass is 270 g/mol. The molecular weight excluding hydrogens is 248 g/mol. The van der Waals surface area contributed by atoms with Crippen molar-refractivity contribution in [1.82, 2.24) is 20.5 Å². The Kier molecular flexibility index (Phi) is 2.94. The van der Waals surface area contributed by atoms with Gasteiger partial charge >= 0.3 is 0 Å².